The van der Waals surface area contributed by atoms with E-state index in [1.807, 2.05) is 30.3 Å². The van der Waals surface area contributed by atoms with Gasteiger partial charge in [0, 0.05) is 17.4 Å². The number of carbonyl (C=O) groups is 1. The lowest BCUT2D eigenvalue weighted by Gasteiger charge is -2.48. The van der Waals surface area contributed by atoms with E-state index < -0.39 is 36.9 Å². The summed E-state index contributed by atoms with van der Waals surface area (Å²) in [7, 11) is 0. The van der Waals surface area contributed by atoms with E-state index in [-0.39, 0.29) is 19.1 Å². The molecule has 2 aliphatic heterocycles. The monoisotopic (exact) mass is 374 g/mol. The summed E-state index contributed by atoms with van der Waals surface area (Å²) in [5.74, 6) is -0.293. The lowest BCUT2D eigenvalue weighted by molar-refractivity contribution is -0.318. The summed E-state index contributed by atoms with van der Waals surface area (Å²) in [5.41, 5.74) is 9.73. The molecule has 1 amide bonds. The maximum atomic E-state index is 11.7. The Labute approximate surface area is 156 Å². The van der Waals surface area contributed by atoms with Gasteiger partial charge in [-0.3, -0.25) is 4.79 Å². The molecular formula is C18H22N4O5. The van der Waals surface area contributed by atoms with Crippen LogP contribution in [0.2, 0.25) is 0 Å². The normalized spacial score (nSPS) is 32.6. The fourth-order valence-electron chi connectivity index (χ4n) is 3.28. The fourth-order valence-corrected chi connectivity index (χ4v) is 3.28. The SMILES string of the molecule is C=CCOC1C(NC(C)=O)C(N=[N+]=[N-])OC2COC(c3ccccc3)OC21. The van der Waals surface area contributed by atoms with Crippen LogP contribution in [0.1, 0.15) is 18.8 Å². The minimum Gasteiger partial charge on any atom is -0.369 e. The minimum atomic E-state index is -0.935. The van der Waals surface area contributed by atoms with Crippen molar-refractivity contribution in [3.63, 3.8) is 0 Å². The molecule has 3 rings (SSSR count). The summed E-state index contributed by atoms with van der Waals surface area (Å²) in [6.45, 7) is 5.52. The third-order valence-corrected chi connectivity index (χ3v) is 4.37. The second kappa shape index (κ2) is 8.98. The predicted octanol–water partition coefficient (Wildman–Crippen LogP) is 2.21. The first-order chi connectivity index (χ1) is 13.1. The number of ether oxygens (including phenoxy) is 4. The third-order valence-electron chi connectivity index (χ3n) is 4.37. The number of rotatable bonds is 6. The lowest BCUT2D eigenvalue weighted by atomic mass is 9.94. The fraction of sp³-hybridized carbons (Fsp3) is 0.500. The van der Waals surface area contributed by atoms with Gasteiger partial charge in [0.25, 0.3) is 0 Å². The minimum absolute atomic E-state index is 0.239. The van der Waals surface area contributed by atoms with Crippen molar-refractivity contribution in [2.24, 2.45) is 5.11 Å². The van der Waals surface area contributed by atoms with Crippen molar-refractivity contribution in [1.82, 2.24) is 5.32 Å². The van der Waals surface area contributed by atoms with Crippen LogP contribution in [-0.4, -0.2) is 49.7 Å². The van der Waals surface area contributed by atoms with Gasteiger partial charge in [0.2, 0.25) is 5.91 Å². The number of nitrogens with one attached hydrogen (secondary N) is 1. The van der Waals surface area contributed by atoms with Gasteiger partial charge in [0.05, 0.1) is 19.3 Å². The highest BCUT2D eigenvalue weighted by Gasteiger charge is 2.50. The van der Waals surface area contributed by atoms with Crippen LogP contribution in [0.4, 0.5) is 0 Å². The molecule has 27 heavy (non-hydrogen) atoms. The van der Waals surface area contributed by atoms with Gasteiger partial charge < -0.3 is 24.3 Å². The van der Waals surface area contributed by atoms with E-state index in [0.717, 1.165) is 5.56 Å². The molecule has 9 nitrogen and oxygen atoms in total. The average Bonchev–Trinajstić information content (AvgIpc) is 2.68. The molecule has 9 heteroatoms. The smallest absolute Gasteiger partial charge is 0.217 e. The van der Waals surface area contributed by atoms with Crippen molar-refractivity contribution in [3.8, 4) is 0 Å². The Morgan fingerprint density at radius 1 is 1.44 bits per heavy atom. The third kappa shape index (κ3) is 4.47. The summed E-state index contributed by atoms with van der Waals surface area (Å²) in [6.07, 6.45) is -1.54. The average molecular weight is 374 g/mol. The summed E-state index contributed by atoms with van der Waals surface area (Å²) >= 11 is 0. The zero-order valence-electron chi connectivity index (χ0n) is 14.9. The molecule has 0 aliphatic carbocycles. The number of hydrogen-bond acceptors (Lipinski definition) is 6. The van der Waals surface area contributed by atoms with Crippen molar-refractivity contribution in [2.75, 3.05) is 13.2 Å². The summed E-state index contributed by atoms with van der Waals surface area (Å²) in [6, 6.07) is 8.81. The number of carbonyl (C=O) groups excluding carboxylic acids is 1. The van der Waals surface area contributed by atoms with Gasteiger partial charge in [-0.25, -0.2) is 0 Å². The number of azide groups is 1. The molecule has 0 saturated carbocycles. The summed E-state index contributed by atoms with van der Waals surface area (Å²) < 4.78 is 23.7. The molecule has 0 aromatic heterocycles. The molecule has 1 aromatic carbocycles. The van der Waals surface area contributed by atoms with Crippen LogP contribution >= 0.6 is 0 Å². The summed E-state index contributed by atoms with van der Waals surface area (Å²) in [4.78, 5) is 14.5. The molecule has 2 saturated heterocycles. The maximum absolute atomic E-state index is 11.7. The maximum Gasteiger partial charge on any atom is 0.217 e. The van der Waals surface area contributed by atoms with Gasteiger partial charge in [0.1, 0.15) is 18.3 Å². The quantitative estimate of drug-likeness (QED) is 0.355. The van der Waals surface area contributed by atoms with E-state index in [9.17, 15) is 4.79 Å². The first kappa shape index (κ1) is 19.3. The standard InChI is InChI=1S/C18H22N4O5/c1-3-9-24-16-14(20-11(2)23)17(21-22-19)26-13-10-25-18(27-15(13)16)12-7-5-4-6-8-12/h3-8,13-18H,1,9-10H2,2H3,(H,20,23). The van der Waals surface area contributed by atoms with Crippen LogP contribution in [0.3, 0.4) is 0 Å². The van der Waals surface area contributed by atoms with Gasteiger partial charge in [-0.15, -0.1) is 6.58 Å². The highest BCUT2D eigenvalue weighted by Crippen LogP contribution is 2.35. The Hall–Kier alpha value is -2.42. The zero-order valence-corrected chi connectivity index (χ0v) is 14.9. The Morgan fingerprint density at radius 2 is 2.22 bits per heavy atom. The zero-order chi connectivity index (χ0) is 19.2. The molecule has 6 unspecified atom stereocenters. The van der Waals surface area contributed by atoms with Gasteiger partial charge >= 0.3 is 0 Å². The molecule has 0 bridgehead atoms. The molecule has 1 N–H and O–H groups in total. The first-order valence-electron chi connectivity index (χ1n) is 8.65. The van der Waals surface area contributed by atoms with Crippen LogP contribution < -0.4 is 5.32 Å². The van der Waals surface area contributed by atoms with E-state index in [4.69, 9.17) is 24.5 Å². The first-order valence-corrected chi connectivity index (χ1v) is 8.65. The molecule has 2 heterocycles. The number of nitrogens with zero attached hydrogens (tertiary/aromatic N) is 3. The molecule has 6 atom stereocenters. The highest BCUT2D eigenvalue weighted by molar-refractivity contribution is 5.73. The van der Waals surface area contributed by atoms with Crippen molar-refractivity contribution in [1.29, 1.82) is 0 Å². The largest absolute Gasteiger partial charge is 0.369 e. The summed E-state index contributed by atoms with van der Waals surface area (Å²) in [5, 5.41) is 6.43. The van der Waals surface area contributed by atoms with Crippen molar-refractivity contribution in [2.45, 2.75) is 43.8 Å². The van der Waals surface area contributed by atoms with Gasteiger partial charge in [0.15, 0.2) is 12.5 Å². The van der Waals surface area contributed by atoms with Crippen LogP contribution in [0.15, 0.2) is 48.1 Å². The molecule has 0 spiro atoms. The van der Waals surface area contributed by atoms with Crippen molar-refractivity contribution >= 4 is 5.91 Å². The van der Waals surface area contributed by atoms with Gasteiger partial charge in [-0.1, -0.05) is 41.5 Å². The molecule has 2 fully saturated rings. The van der Waals surface area contributed by atoms with E-state index in [2.05, 4.69) is 21.9 Å². The second-order valence-corrected chi connectivity index (χ2v) is 6.26. The number of amides is 1. The number of benzene rings is 1. The van der Waals surface area contributed by atoms with E-state index in [1.54, 1.807) is 6.08 Å². The number of fused-ring (bicyclic) bond motifs is 1. The second-order valence-electron chi connectivity index (χ2n) is 6.26. The topological polar surface area (TPSA) is 115 Å². The Bertz CT molecular complexity index is 709. The van der Waals surface area contributed by atoms with Gasteiger partial charge in [-0.05, 0) is 5.53 Å². The Balaban J connectivity index is 1.87. The van der Waals surface area contributed by atoms with Crippen molar-refractivity contribution in [3.05, 3.63) is 59.0 Å². The number of hydrogen-bond donors (Lipinski definition) is 1. The molecule has 2 aliphatic rings. The molecule has 1 aromatic rings. The van der Waals surface area contributed by atoms with Crippen LogP contribution in [0.25, 0.3) is 10.4 Å². The highest BCUT2D eigenvalue weighted by atomic mass is 16.7. The Morgan fingerprint density at radius 3 is 2.89 bits per heavy atom. The van der Waals surface area contributed by atoms with Gasteiger partial charge in [-0.2, -0.15) is 0 Å². The van der Waals surface area contributed by atoms with Crippen LogP contribution in [-0.2, 0) is 23.7 Å². The molecule has 144 valence electrons. The van der Waals surface area contributed by atoms with E-state index in [0.29, 0.717) is 0 Å². The van der Waals surface area contributed by atoms with E-state index >= 15 is 0 Å². The lowest BCUT2D eigenvalue weighted by Crippen LogP contribution is -2.66. The predicted molar refractivity (Wildman–Crippen MR) is 95.4 cm³/mol. The van der Waals surface area contributed by atoms with Crippen LogP contribution in [0.5, 0.6) is 0 Å². The van der Waals surface area contributed by atoms with Crippen LogP contribution in [0, 0.1) is 0 Å². The Kier molecular flexibility index (Phi) is 6.44. The molecule has 0 radical (unpaired) electrons. The molecular weight excluding hydrogens is 352 g/mol. The van der Waals surface area contributed by atoms with E-state index in [1.165, 1.54) is 6.92 Å². The van der Waals surface area contributed by atoms with Crippen molar-refractivity contribution < 1.29 is 23.7 Å².